The molecule has 0 bridgehead atoms. The van der Waals surface area contributed by atoms with Gasteiger partial charge in [-0.05, 0) is 85.1 Å². The van der Waals surface area contributed by atoms with E-state index in [-0.39, 0.29) is 30.4 Å². The highest BCUT2D eigenvalue weighted by Gasteiger charge is 2.34. The molecule has 1 atom stereocenters. The Bertz CT molecular complexity index is 2360. The van der Waals surface area contributed by atoms with E-state index in [1.54, 1.807) is 18.2 Å². The number of amides is 2. The molecular formula is C40H36N6O5. The Morgan fingerprint density at radius 2 is 1.67 bits per heavy atom. The molecule has 4 aromatic carbocycles. The molecule has 0 radical (unpaired) electrons. The van der Waals surface area contributed by atoms with Crippen molar-refractivity contribution in [2.75, 3.05) is 23.6 Å². The van der Waals surface area contributed by atoms with Crippen molar-refractivity contribution < 1.29 is 24.2 Å². The molecule has 3 aliphatic rings. The Morgan fingerprint density at radius 3 is 2.49 bits per heavy atom. The monoisotopic (exact) mass is 680 g/mol. The first-order valence-corrected chi connectivity index (χ1v) is 17.1. The van der Waals surface area contributed by atoms with Crippen molar-refractivity contribution in [3.8, 4) is 28.5 Å². The van der Waals surface area contributed by atoms with Crippen LogP contribution in [0, 0.1) is 0 Å². The second-order valence-electron chi connectivity index (χ2n) is 13.5. The number of hydrogen-bond donors (Lipinski definition) is 2. The highest BCUT2D eigenvalue weighted by atomic mass is 16.7. The van der Waals surface area contributed by atoms with E-state index < -0.39 is 0 Å². The highest BCUT2D eigenvalue weighted by Crippen LogP contribution is 2.42. The topological polar surface area (TPSA) is 114 Å². The zero-order valence-electron chi connectivity index (χ0n) is 28.3. The number of nitrogens with one attached hydrogen (secondary N) is 1. The number of anilines is 2. The van der Waals surface area contributed by atoms with Crippen molar-refractivity contribution in [3.05, 3.63) is 119 Å². The van der Waals surface area contributed by atoms with Crippen LogP contribution < -0.4 is 19.7 Å². The molecule has 3 aliphatic heterocycles. The Morgan fingerprint density at radius 1 is 0.882 bits per heavy atom. The van der Waals surface area contributed by atoms with Crippen LogP contribution in [0.4, 0.5) is 11.4 Å². The minimum atomic E-state index is -0.282. The molecule has 2 aromatic heterocycles. The third-order valence-electron chi connectivity index (χ3n) is 10.4. The van der Waals surface area contributed by atoms with E-state index in [2.05, 4.69) is 57.1 Å². The summed E-state index contributed by atoms with van der Waals surface area (Å²) in [4.78, 5) is 33.0. The number of carbonyl (C=O) groups excluding carboxylic acids is 2. The number of nitrogens with zero attached hydrogens (tertiary/aromatic N) is 5. The molecule has 256 valence electrons. The highest BCUT2D eigenvalue weighted by molar-refractivity contribution is 6.07. The van der Waals surface area contributed by atoms with Crippen molar-refractivity contribution in [1.82, 2.24) is 19.2 Å². The summed E-state index contributed by atoms with van der Waals surface area (Å²) in [6.45, 7) is 4.40. The van der Waals surface area contributed by atoms with E-state index in [4.69, 9.17) is 9.47 Å². The summed E-state index contributed by atoms with van der Waals surface area (Å²) >= 11 is 0. The summed E-state index contributed by atoms with van der Waals surface area (Å²) in [5.41, 5.74) is 8.32. The molecule has 0 saturated heterocycles. The van der Waals surface area contributed by atoms with E-state index in [9.17, 15) is 14.7 Å². The number of aryl methyl sites for hydroxylation is 1. The van der Waals surface area contributed by atoms with Crippen LogP contribution in [0.1, 0.15) is 44.5 Å². The van der Waals surface area contributed by atoms with E-state index >= 15 is 0 Å². The van der Waals surface area contributed by atoms with Gasteiger partial charge in [-0.25, -0.2) is 0 Å². The predicted octanol–water partition coefficient (Wildman–Crippen LogP) is 6.34. The lowest BCUT2D eigenvalue weighted by Crippen LogP contribution is -2.42. The van der Waals surface area contributed by atoms with E-state index in [0.717, 1.165) is 40.0 Å². The fraction of sp³-hybridized carbons (Fsp3) is 0.225. The van der Waals surface area contributed by atoms with Crippen LogP contribution in [0.2, 0.25) is 0 Å². The molecule has 0 aliphatic carbocycles. The molecule has 2 N–H and O–H groups in total. The second kappa shape index (κ2) is 12.0. The second-order valence-corrected chi connectivity index (χ2v) is 13.5. The number of ether oxygens (including phenoxy) is 2. The van der Waals surface area contributed by atoms with Crippen LogP contribution in [0.3, 0.4) is 0 Å². The Hall–Kier alpha value is -6.23. The minimum Gasteiger partial charge on any atom is -0.508 e. The first kappa shape index (κ1) is 30.8. The normalized spacial score (nSPS) is 16.2. The molecular weight excluding hydrogens is 644 g/mol. The third kappa shape index (κ3) is 5.32. The molecule has 0 fully saturated rings. The van der Waals surface area contributed by atoms with E-state index in [1.807, 2.05) is 47.1 Å². The van der Waals surface area contributed by atoms with Gasteiger partial charge >= 0.3 is 0 Å². The van der Waals surface area contributed by atoms with Gasteiger partial charge in [0.1, 0.15) is 5.75 Å². The summed E-state index contributed by atoms with van der Waals surface area (Å²) in [6, 6.07) is 26.5. The molecule has 6 aromatic rings. The molecule has 9 rings (SSSR count). The van der Waals surface area contributed by atoms with Gasteiger partial charge in [-0.15, -0.1) is 0 Å². The van der Waals surface area contributed by atoms with Gasteiger partial charge in [0.2, 0.25) is 6.79 Å². The van der Waals surface area contributed by atoms with Crippen molar-refractivity contribution in [3.63, 3.8) is 0 Å². The van der Waals surface area contributed by atoms with Crippen molar-refractivity contribution in [2.45, 2.75) is 39.0 Å². The molecule has 0 spiro atoms. The van der Waals surface area contributed by atoms with Crippen LogP contribution in [-0.2, 0) is 33.1 Å². The number of aromatic hydroxyl groups is 1. The third-order valence-corrected chi connectivity index (χ3v) is 10.4. The quantitative estimate of drug-likeness (QED) is 0.205. The maximum Gasteiger partial charge on any atom is 0.257 e. The average Bonchev–Trinajstić information content (AvgIpc) is 3.87. The number of carbonyl (C=O) groups is 2. The van der Waals surface area contributed by atoms with Crippen LogP contribution in [-0.4, -0.2) is 55.5 Å². The molecule has 11 heteroatoms. The lowest BCUT2D eigenvalue weighted by atomic mass is 9.93. The van der Waals surface area contributed by atoms with Gasteiger partial charge in [0.05, 0.1) is 40.8 Å². The number of benzene rings is 4. The van der Waals surface area contributed by atoms with Crippen LogP contribution in [0.25, 0.3) is 22.2 Å². The minimum absolute atomic E-state index is 0.00994. The molecule has 0 unspecified atom stereocenters. The SMILES string of the molecule is C[C@@H]1Cc2ccccc2CN1C(=O)c1cc2c(cc1-c1cc(C(=O)Nc3ccc(O)cc3)c3n1CCN(c1ccc4c(cnn4C)c1)C3)OCO2. The number of hydrogen-bond acceptors (Lipinski definition) is 7. The Balaban J connectivity index is 1.15. The Kier molecular flexibility index (Phi) is 7.23. The van der Waals surface area contributed by atoms with E-state index in [0.29, 0.717) is 60.1 Å². The summed E-state index contributed by atoms with van der Waals surface area (Å²) in [7, 11) is 1.93. The smallest absolute Gasteiger partial charge is 0.257 e. The maximum absolute atomic E-state index is 14.6. The summed E-state index contributed by atoms with van der Waals surface area (Å²) in [5, 5.41) is 18.3. The van der Waals surface area contributed by atoms with Gasteiger partial charge in [0.15, 0.2) is 11.5 Å². The number of rotatable bonds is 5. The van der Waals surface area contributed by atoms with Gasteiger partial charge in [-0.3, -0.25) is 14.3 Å². The fourth-order valence-corrected chi connectivity index (χ4v) is 7.66. The number of phenols is 1. The maximum atomic E-state index is 14.6. The first-order chi connectivity index (χ1) is 24.8. The summed E-state index contributed by atoms with van der Waals surface area (Å²) < 4.78 is 15.6. The molecule has 2 amide bonds. The van der Waals surface area contributed by atoms with Gasteiger partial charge in [-0.2, -0.15) is 5.10 Å². The molecule has 51 heavy (non-hydrogen) atoms. The average molecular weight is 681 g/mol. The molecule has 11 nitrogen and oxygen atoms in total. The molecule has 5 heterocycles. The number of aromatic nitrogens is 3. The van der Waals surface area contributed by atoms with Gasteiger partial charge < -0.3 is 34.3 Å². The first-order valence-electron chi connectivity index (χ1n) is 17.1. The Labute approximate surface area is 294 Å². The largest absolute Gasteiger partial charge is 0.508 e. The fourth-order valence-electron chi connectivity index (χ4n) is 7.66. The van der Waals surface area contributed by atoms with Crippen LogP contribution >= 0.6 is 0 Å². The predicted molar refractivity (Wildman–Crippen MR) is 193 cm³/mol. The van der Waals surface area contributed by atoms with Crippen LogP contribution in [0.5, 0.6) is 17.2 Å². The van der Waals surface area contributed by atoms with Crippen molar-refractivity contribution >= 4 is 34.1 Å². The molecule has 0 saturated carbocycles. The van der Waals surface area contributed by atoms with E-state index in [1.165, 1.54) is 17.7 Å². The standard InChI is InChI=1S/C40H36N6O5/c1-24-15-25-5-3-4-6-26(25)21-46(24)40(49)32-19-38-37(50-23-51-38)18-31(32)35-17-33(39(48)42-28-7-10-30(47)11-8-28)36-22-44(13-14-45(35)36)29-9-12-34-27(16-29)20-41-43(34)2/h3-12,16-20,24,47H,13-15,21-23H2,1-2H3,(H,42,48)/t24-/m1/s1. The zero-order valence-corrected chi connectivity index (χ0v) is 28.3. The van der Waals surface area contributed by atoms with Crippen molar-refractivity contribution in [1.29, 1.82) is 0 Å². The number of fused-ring (bicyclic) bond motifs is 4. The zero-order chi connectivity index (χ0) is 34.8. The van der Waals surface area contributed by atoms with Crippen LogP contribution in [0.15, 0.2) is 91.1 Å². The lowest BCUT2D eigenvalue weighted by Gasteiger charge is -2.35. The summed E-state index contributed by atoms with van der Waals surface area (Å²) in [5.74, 6) is 0.823. The van der Waals surface area contributed by atoms with Gasteiger partial charge in [0, 0.05) is 55.0 Å². The summed E-state index contributed by atoms with van der Waals surface area (Å²) in [6.07, 6.45) is 2.63. The van der Waals surface area contributed by atoms with Gasteiger partial charge in [0.25, 0.3) is 11.8 Å². The number of phenolic OH excluding ortho intramolecular Hbond substituents is 1. The van der Waals surface area contributed by atoms with Crippen molar-refractivity contribution in [2.24, 2.45) is 7.05 Å². The van der Waals surface area contributed by atoms with Gasteiger partial charge in [-0.1, -0.05) is 24.3 Å². The lowest BCUT2D eigenvalue weighted by molar-refractivity contribution is 0.0658.